The van der Waals surface area contributed by atoms with E-state index >= 15 is 0 Å². The van der Waals surface area contributed by atoms with Crippen LogP contribution < -0.4 is 14.8 Å². The zero-order chi connectivity index (χ0) is 18.4. The molecular formula is C15H13N3O7. The van der Waals surface area contributed by atoms with E-state index < -0.39 is 32.9 Å². The quantitative estimate of drug-likeness (QED) is 0.600. The van der Waals surface area contributed by atoms with E-state index in [4.69, 9.17) is 9.47 Å². The monoisotopic (exact) mass is 347 g/mol. The van der Waals surface area contributed by atoms with Gasteiger partial charge in [0.2, 0.25) is 0 Å². The molecule has 10 heteroatoms. The van der Waals surface area contributed by atoms with Gasteiger partial charge >= 0.3 is 11.4 Å². The average Bonchev–Trinajstić information content (AvgIpc) is 2.60. The van der Waals surface area contributed by atoms with Crippen LogP contribution in [0, 0.1) is 20.2 Å². The number of benzene rings is 2. The lowest BCUT2D eigenvalue weighted by Gasteiger charge is -2.09. The normalized spacial score (nSPS) is 9.96. The van der Waals surface area contributed by atoms with E-state index in [0.717, 1.165) is 19.2 Å². The van der Waals surface area contributed by atoms with Crippen molar-refractivity contribution >= 4 is 23.0 Å². The summed E-state index contributed by atoms with van der Waals surface area (Å²) in [6.45, 7) is -0.363. The van der Waals surface area contributed by atoms with Crippen LogP contribution in [0.1, 0.15) is 0 Å². The van der Waals surface area contributed by atoms with Crippen LogP contribution in [-0.4, -0.2) is 29.5 Å². The number of ether oxygens (including phenoxy) is 2. The predicted molar refractivity (Wildman–Crippen MR) is 86.9 cm³/mol. The molecule has 1 N–H and O–H groups in total. The van der Waals surface area contributed by atoms with Crippen LogP contribution in [0.25, 0.3) is 0 Å². The fraction of sp³-hybridized carbons (Fsp3) is 0.133. The van der Waals surface area contributed by atoms with E-state index in [1.165, 1.54) is 0 Å². The second-order valence-electron chi connectivity index (χ2n) is 4.71. The van der Waals surface area contributed by atoms with Crippen LogP contribution in [0.3, 0.4) is 0 Å². The van der Waals surface area contributed by atoms with Crippen molar-refractivity contribution in [3.63, 3.8) is 0 Å². The minimum Gasteiger partial charge on any atom is -0.485 e. The standard InChI is InChI=1S/C15H13N3O7/c1-24-15-12(17(20)21)7-10(8-13(15)18(22)23)16-14(19)9-25-11-5-3-2-4-6-11/h2-8H,9H2,1H3,(H,16,19). The number of carbonyl (C=O) groups is 1. The number of methoxy groups -OCH3 is 1. The molecule has 2 aromatic rings. The SMILES string of the molecule is COc1c([N+](=O)[O-])cc(NC(=O)COc2ccccc2)cc1[N+](=O)[O-]. The van der Waals surface area contributed by atoms with Gasteiger partial charge in [0.25, 0.3) is 11.7 Å². The van der Waals surface area contributed by atoms with E-state index in [1.54, 1.807) is 30.3 Å². The van der Waals surface area contributed by atoms with Crippen molar-refractivity contribution in [2.75, 3.05) is 19.0 Å². The number of nitrogens with zero attached hydrogens (tertiary/aromatic N) is 2. The van der Waals surface area contributed by atoms with Gasteiger partial charge < -0.3 is 14.8 Å². The summed E-state index contributed by atoms with van der Waals surface area (Å²) in [5, 5.41) is 24.5. The van der Waals surface area contributed by atoms with Gasteiger partial charge in [-0.3, -0.25) is 25.0 Å². The van der Waals surface area contributed by atoms with Crippen molar-refractivity contribution < 1.29 is 24.1 Å². The Hall–Kier alpha value is -3.69. The third-order valence-corrected chi connectivity index (χ3v) is 3.04. The predicted octanol–water partition coefficient (Wildman–Crippen LogP) is 2.53. The lowest BCUT2D eigenvalue weighted by molar-refractivity contribution is -0.395. The molecule has 0 heterocycles. The Balaban J connectivity index is 2.19. The molecule has 0 saturated heterocycles. The molecule has 0 atom stereocenters. The first-order valence-corrected chi connectivity index (χ1v) is 6.91. The van der Waals surface area contributed by atoms with Gasteiger partial charge in [-0.1, -0.05) is 18.2 Å². The maximum Gasteiger partial charge on any atom is 0.320 e. The average molecular weight is 347 g/mol. The van der Waals surface area contributed by atoms with Crippen LogP contribution in [0.2, 0.25) is 0 Å². The number of nitrogens with one attached hydrogen (secondary N) is 1. The minimum atomic E-state index is -0.831. The summed E-state index contributed by atoms with van der Waals surface area (Å²) in [5.41, 5.74) is -1.37. The summed E-state index contributed by atoms with van der Waals surface area (Å²) >= 11 is 0. The molecule has 0 aliphatic heterocycles. The smallest absolute Gasteiger partial charge is 0.320 e. The van der Waals surface area contributed by atoms with Crippen LogP contribution in [-0.2, 0) is 4.79 Å². The van der Waals surface area contributed by atoms with Crippen LogP contribution in [0.4, 0.5) is 17.1 Å². The summed E-state index contributed by atoms with van der Waals surface area (Å²) in [7, 11) is 1.08. The number of anilines is 1. The first-order valence-electron chi connectivity index (χ1n) is 6.91. The van der Waals surface area contributed by atoms with Crippen molar-refractivity contribution in [3.05, 3.63) is 62.7 Å². The maximum atomic E-state index is 11.9. The molecule has 0 bridgehead atoms. The van der Waals surface area contributed by atoms with Gasteiger partial charge in [0, 0.05) is 12.1 Å². The Morgan fingerprint density at radius 2 is 1.64 bits per heavy atom. The second-order valence-corrected chi connectivity index (χ2v) is 4.71. The highest BCUT2D eigenvalue weighted by Crippen LogP contribution is 2.39. The molecule has 0 aromatic heterocycles. The summed E-state index contributed by atoms with van der Waals surface area (Å²) in [6, 6.07) is 10.5. The molecule has 0 saturated carbocycles. The molecule has 0 fully saturated rings. The van der Waals surface area contributed by atoms with Crippen LogP contribution in [0.5, 0.6) is 11.5 Å². The number of para-hydroxylation sites is 1. The number of rotatable bonds is 7. The van der Waals surface area contributed by atoms with Crippen molar-refractivity contribution in [2.24, 2.45) is 0 Å². The molecule has 1 amide bonds. The highest BCUT2D eigenvalue weighted by atomic mass is 16.6. The van der Waals surface area contributed by atoms with Crippen molar-refractivity contribution in [1.82, 2.24) is 0 Å². The molecule has 2 rings (SSSR count). The summed E-state index contributed by atoms with van der Waals surface area (Å²) in [6.07, 6.45) is 0. The molecule has 0 aliphatic rings. The van der Waals surface area contributed by atoms with Crippen LogP contribution >= 0.6 is 0 Å². The van der Waals surface area contributed by atoms with Gasteiger partial charge in [0.1, 0.15) is 5.75 Å². The number of hydrogen-bond acceptors (Lipinski definition) is 7. The number of nitro benzene ring substituents is 2. The van der Waals surface area contributed by atoms with Gasteiger partial charge in [0.05, 0.1) is 22.6 Å². The third kappa shape index (κ3) is 4.41. The topological polar surface area (TPSA) is 134 Å². The van der Waals surface area contributed by atoms with Crippen molar-refractivity contribution in [2.45, 2.75) is 0 Å². The van der Waals surface area contributed by atoms with Crippen molar-refractivity contribution in [3.8, 4) is 11.5 Å². The van der Waals surface area contributed by atoms with E-state index in [1.807, 2.05) is 0 Å². The van der Waals surface area contributed by atoms with E-state index in [-0.39, 0.29) is 12.3 Å². The van der Waals surface area contributed by atoms with Gasteiger partial charge in [-0.05, 0) is 12.1 Å². The molecule has 0 spiro atoms. The van der Waals surface area contributed by atoms with Gasteiger partial charge in [-0.2, -0.15) is 0 Å². The fourth-order valence-electron chi connectivity index (χ4n) is 2.01. The highest BCUT2D eigenvalue weighted by Gasteiger charge is 2.28. The third-order valence-electron chi connectivity index (χ3n) is 3.04. The largest absolute Gasteiger partial charge is 0.485 e. The molecular weight excluding hydrogens is 334 g/mol. The molecule has 0 radical (unpaired) electrons. The molecule has 130 valence electrons. The molecule has 0 unspecified atom stereocenters. The summed E-state index contributed by atoms with van der Waals surface area (Å²) in [4.78, 5) is 32.4. The number of nitro groups is 2. The number of amides is 1. The van der Waals surface area contributed by atoms with Crippen LogP contribution in [0.15, 0.2) is 42.5 Å². The highest BCUT2D eigenvalue weighted by molar-refractivity contribution is 5.93. The number of carbonyl (C=O) groups excluding carboxylic acids is 1. The zero-order valence-electron chi connectivity index (χ0n) is 13.0. The Labute approximate surface area is 141 Å². The van der Waals surface area contributed by atoms with Gasteiger partial charge in [-0.25, -0.2) is 0 Å². The van der Waals surface area contributed by atoms with E-state index in [0.29, 0.717) is 5.75 Å². The van der Waals surface area contributed by atoms with E-state index in [2.05, 4.69) is 5.32 Å². The Kier molecular flexibility index (Phi) is 5.46. The zero-order valence-corrected chi connectivity index (χ0v) is 13.0. The Morgan fingerprint density at radius 1 is 1.08 bits per heavy atom. The fourth-order valence-corrected chi connectivity index (χ4v) is 2.01. The first kappa shape index (κ1) is 17.7. The lowest BCUT2D eigenvalue weighted by atomic mass is 10.2. The van der Waals surface area contributed by atoms with E-state index in [9.17, 15) is 25.0 Å². The van der Waals surface area contributed by atoms with Gasteiger partial charge in [-0.15, -0.1) is 0 Å². The molecule has 25 heavy (non-hydrogen) atoms. The first-order chi connectivity index (χ1) is 11.9. The lowest BCUT2D eigenvalue weighted by Crippen LogP contribution is -2.20. The van der Waals surface area contributed by atoms with Gasteiger partial charge in [0.15, 0.2) is 6.61 Å². The number of hydrogen-bond donors (Lipinski definition) is 1. The Bertz CT molecular complexity index is 773. The molecule has 0 aliphatic carbocycles. The summed E-state index contributed by atoms with van der Waals surface area (Å²) in [5.74, 6) is -0.657. The minimum absolute atomic E-state index is 0.110. The molecule has 10 nitrogen and oxygen atoms in total. The maximum absolute atomic E-state index is 11.9. The Morgan fingerprint density at radius 3 is 2.12 bits per heavy atom. The second kappa shape index (κ2) is 7.73. The van der Waals surface area contributed by atoms with Crippen molar-refractivity contribution in [1.29, 1.82) is 0 Å². The summed E-state index contributed by atoms with van der Waals surface area (Å²) < 4.78 is 9.98. The molecule has 2 aromatic carbocycles.